The van der Waals surface area contributed by atoms with E-state index in [1.807, 2.05) is 0 Å². The van der Waals surface area contributed by atoms with Crippen LogP contribution in [-0.4, -0.2) is 129 Å². The van der Waals surface area contributed by atoms with Gasteiger partial charge in [-0.2, -0.15) is 0 Å². The maximum absolute atomic E-state index is 10.9. The van der Waals surface area contributed by atoms with Gasteiger partial charge in [0, 0.05) is 31.1 Å². The van der Waals surface area contributed by atoms with Crippen LogP contribution >= 0.6 is 0 Å². The van der Waals surface area contributed by atoms with Crippen molar-refractivity contribution in [1.82, 2.24) is 0 Å². The van der Waals surface area contributed by atoms with E-state index in [1.165, 1.54) is 0 Å². The quantitative estimate of drug-likeness (QED) is 0.174. The molecule has 3 rings (SSSR count). The first-order chi connectivity index (χ1) is 15.1. The molecule has 2 saturated heterocycles. The number of hydrogen-bond acceptors (Lipinski definition) is 14. The molecule has 0 aromatic carbocycles. The van der Waals surface area contributed by atoms with E-state index in [0.717, 1.165) is 0 Å². The molecule has 2 aliphatic heterocycles. The predicted octanol–water partition coefficient (Wildman–Crippen LogP) is -6.26. The molecular weight excluding hydrogens is 432 g/mol. The van der Waals surface area contributed by atoms with E-state index in [-0.39, 0.29) is 19.4 Å². The minimum atomic E-state index is -1.62. The number of rotatable bonds is 6. The normalized spacial score (nSPS) is 52.7. The van der Waals surface area contributed by atoms with Crippen LogP contribution in [0.3, 0.4) is 0 Å². The van der Waals surface area contributed by atoms with Crippen molar-refractivity contribution in [3.8, 4) is 0 Å². The van der Waals surface area contributed by atoms with Crippen LogP contribution in [0.1, 0.15) is 12.8 Å². The van der Waals surface area contributed by atoms with Crippen molar-refractivity contribution in [3.63, 3.8) is 0 Å². The molecule has 0 aromatic heterocycles. The summed E-state index contributed by atoms with van der Waals surface area (Å²) < 4.78 is 22.5. The van der Waals surface area contributed by atoms with Gasteiger partial charge in [0.15, 0.2) is 12.6 Å². The summed E-state index contributed by atoms with van der Waals surface area (Å²) in [4.78, 5) is 0. The van der Waals surface area contributed by atoms with Crippen LogP contribution in [0.5, 0.6) is 0 Å². The van der Waals surface area contributed by atoms with Gasteiger partial charge in [-0.15, -0.1) is 0 Å². The van der Waals surface area contributed by atoms with E-state index < -0.39 is 92.2 Å². The first-order valence-electron chi connectivity index (χ1n) is 10.7. The van der Waals surface area contributed by atoms with Crippen molar-refractivity contribution in [2.75, 3.05) is 13.2 Å². The number of nitrogens with two attached hydrogens (primary N) is 4. The molecular formula is C18H36N4O10. The zero-order chi connectivity index (χ0) is 23.7. The lowest BCUT2D eigenvalue weighted by atomic mass is 9.84. The summed E-state index contributed by atoms with van der Waals surface area (Å²) in [5.74, 6) is 0. The molecule has 14 atom stereocenters. The summed E-state index contributed by atoms with van der Waals surface area (Å²) in [6, 6.07) is -2.19. The lowest BCUT2D eigenvalue weighted by molar-refractivity contribution is -0.325. The lowest BCUT2D eigenvalue weighted by Gasteiger charge is -2.47. The number of aliphatic hydroxyl groups excluding tert-OH is 6. The highest BCUT2D eigenvalue weighted by Gasteiger charge is 2.50. The third-order valence-electron chi connectivity index (χ3n) is 6.35. The molecule has 1 saturated carbocycles. The predicted molar refractivity (Wildman–Crippen MR) is 106 cm³/mol. The van der Waals surface area contributed by atoms with Crippen LogP contribution in [0.25, 0.3) is 0 Å². The highest BCUT2D eigenvalue weighted by Crippen LogP contribution is 2.31. The van der Waals surface area contributed by atoms with Gasteiger partial charge in [0.05, 0.1) is 12.7 Å². The Kier molecular flexibility index (Phi) is 8.79. The molecule has 14 nitrogen and oxygen atoms in total. The Hall–Kier alpha value is -0.560. The topological polar surface area (TPSA) is 262 Å². The van der Waals surface area contributed by atoms with Crippen molar-refractivity contribution in [3.05, 3.63) is 0 Å². The molecule has 3 aliphatic rings. The molecule has 0 unspecified atom stereocenters. The molecule has 1 aliphatic carbocycles. The van der Waals surface area contributed by atoms with E-state index in [4.69, 9.17) is 41.9 Å². The molecule has 32 heavy (non-hydrogen) atoms. The van der Waals surface area contributed by atoms with E-state index in [2.05, 4.69) is 0 Å². The summed E-state index contributed by atoms with van der Waals surface area (Å²) in [5, 5.41) is 60.5. The molecule has 14 heteroatoms. The largest absolute Gasteiger partial charge is 0.394 e. The van der Waals surface area contributed by atoms with E-state index >= 15 is 0 Å². The van der Waals surface area contributed by atoms with Crippen molar-refractivity contribution < 1.29 is 49.6 Å². The van der Waals surface area contributed by atoms with Crippen LogP contribution in [-0.2, 0) is 18.9 Å². The molecule has 0 amide bonds. The molecule has 3 fully saturated rings. The molecule has 188 valence electrons. The zero-order valence-corrected chi connectivity index (χ0v) is 17.5. The van der Waals surface area contributed by atoms with Gasteiger partial charge in [-0.1, -0.05) is 0 Å². The van der Waals surface area contributed by atoms with E-state index in [9.17, 15) is 30.6 Å². The van der Waals surface area contributed by atoms with Gasteiger partial charge < -0.3 is 72.5 Å². The second kappa shape index (κ2) is 10.8. The third-order valence-corrected chi connectivity index (χ3v) is 6.35. The molecule has 0 aromatic rings. The highest BCUT2D eigenvalue weighted by molar-refractivity contribution is 5.00. The number of ether oxygens (including phenoxy) is 4. The first kappa shape index (κ1) is 26.1. The van der Waals surface area contributed by atoms with Crippen LogP contribution in [0, 0.1) is 0 Å². The van der Waals surface area contributed by atoms with E-state index in [1.54, 1.807) is 0 Å². The molecule has 14 N–H and O–H groups in total. The fourth-order valence-corrected chi connectivity index (χ4v) is 4.40. The summed E-state index contributed by atoms with van der Waals surface area (Å²) in [7, 11) is 0. The van der Waals surface area contributed by atoms with Crippen molar-refractivity contribution >= 4 is 0 Å². The Morgan fingerprint density at radius 3 is 1.91 bits per heavy atom. The van der Waals surface area contributed by atoms with Gasteiger partial charge >= 0.3 is 0 Å². The fraction of sp³-hybridized carbons (Fsp3) is 1.00. The van der Waals surface area contributed by atoms with Gasteiger partial charge in [-0.3, -0.25) is 0 Å². The van der Waals surface area contributed by atoms with Crippen LogP contribution in [0.4, 0.5) is 0 Å². The Morgan fingerprint density at radius 2 is 1.31 bits per heavy atom. The van der Waals surface area contributed by atoms with Gasteiger partial charge in [0.2, 0.25) is 0 Å². The van der Waals surface area contributed by atoms with Gasteiger partial charge in [0.1, 0.15) is 48.8 Å². The summed E-state index contributed by atoms with van der Waals surface area (Å²) >= 11 is 0. The highest BCUT2D eigenvalue weighted by atomic mass is 16.7. The first-order valence-corrected chi connectivity index (χ1v) is 10.7. The van der Waals surface area contributed by atoms with Crippen LogP contribution in [0.15, 0.2) is 0 Å². The molecule has 2 heterocycles. The van der Waals surface area contributed by atoms with Crippen LogP contribution < -0.4 is 22.9 Å². The van der Waals surface area contributed by atoms with Crippen molar-refractivity contribution in [2.24, 2.45) is 22.9 Å². The Morgan fingerprint density at radius 1 is 0.688 bits per heavy atom. The summed E-state index contributed by atoms with van der Waals surface area (Å²) in [6.07, 6.45) is -13.3. The van der Waals surface area contributed by atoms with Gasteiger partial charge in [-0.25, -0.2) is 0 Å². The number of aliphatic hydroxyl groups is 6. The average molecular weight is 469 g/mol. The van der Waals surface area contributed by atoms with Gasteiger partial charge in [0.25, 0.3) is 0 Å². The zero-order valence-electron chi connectivity index (χ0n) is 17.5. The minimum absolute atomic E-state index is 0.0951. The average Bonchev–Trinajstić information content (AvgIpc) is 2.76. The fourth-order valence-electron chi connectivity index (χ4n) is 4.40. The SMILES string of the molecule is NC[C@@H]1O[C@H](O[C@H]2[C@@H](O)[C@H](O[C@@H]3C[C@H](N)[C@H](O)[C@H](CO)O3)[C@@H](N)C[C@H]2N)[C@H](O)[C@H](O)[C@@H]1O. The van der Waals surface area contributed by atoms with Crippen molar-refractivity contribution in [2.45, 2.75) is 98.5 Å². The molecule has 0 radical (unpaired) electrons. The van der Waals surface area contributed by atoms with Crippen molar-refractivity contribution in [1.29, 1.82) is 0 Å². The second-order valence-corrected chi connectivity index (χ2v) is 8.68. The molecule has 0 bridgehead atoms. The van der Waals surface area contributed by atoms with Gasteiger partial charge in [-0.05, 0) is 6.42 Å². The van der Waals surface area contributed by atoms with Crippen LogP contribution in [0.2, 0.25) is 0 Å². The Bertz CT molecular complexity index is 606. The van der Waals surface area contributed by atoms with E-state index in [0.29, 0.717) is 0 Å². The molecule has 0 spiro atoms. The maximum atomic E-state index is 10.9. The number of hydrogen-bond donors (Lipinski definition) is 10. The minimum Gasteiger partial charge on any atom is -0.394 e. The Balaban J connectivity index is 1.69. The monoisotopic (exact) mass is 468 g/mol. The second-order valence-electron chi connectivity index (χ2n) is 8.68. The lowest BCUT2D eigenvalue weighted by Crippen LogP contribution is -2.67. The summed E-state index contributed by atoms with van der Waals surface area (Å²) in [5.41, 5.74) is 23.7. The standard InChI is InChI=1S/C18H36N4O10/c19-3-8-12(25)13(26)14(27)18(30-8)32-17-7(22)1-6(21)16(15(17)28)31-10-2-5(20)11(24)9(4-23)29-10/h5-18,23-28H,1-4,19-22H2/t5-,6-,7+,8-,9-,10+,11-,12+,13+,14+,15-,16+,17+,18+/m0/s1. The smallest absolute Gasteiger partial charge is 0.187 e. The summed E-state index contributed by atoms with van der Waals surface area (Å²) in [6.45, 7) is -0.615. The maximum Gasteiger partial charge on any atom is 0.187 e. The third kappa shape index (κ3) is 5.24. The Labute approximate surface area is 185 Å².